The van der Waals surface area contributed by atoms with Gasteiger partial charge in [-0.1, -0.05) is 41.6 Å². The molecule has 1 saturated heterocycles. The molecule has 152 valence electrons. The Kier molecular flexibility index (Phi) is 6.11. The summed E-state index contributed by atoms with van der Waals surface area (Å²) in [6.07, 6.45) is 2.05. The smallest absolute Gasteiger partial charge is 0.312 e. The first-order chi connectivity index (χ1) is 14.2. The molecule has 2 aromatic heterocycles. The summed E-state index contributed by atoms with van der Waals surface area (Å²) in [5.41, 5.74) is 1.27. The van der Waals surface area contributed by atoms with Crippen LogP contribution in [0.2, 0.25) is 0 Å². The molecule has 5 nitrogen and oxygen atoms in total. The van der Waals surface area contributed by atoms with Gasteiger partial charge in [0.05, 0.1) is 12.0 Å². The van der Waals surface area contributed by atoms with E-state index in [4.69, 9.17) is 9.26 Å². The van der Waals surface area contributed by atoms with E-state index in [0.29, 0.717) is 13.0 Å². The number of benzene rings is 1. The first-order valence-corrected chi connectivity index (χ1v) is 11.0. The molecule has 1 aliphatic rings. The molecular formula is C23H26N2O3S. The number of ether oxygens (including phenoxy) is 1. The van der Waals surface area contributed by atoms with Crippen LogP contribution in [0.5, 0.6) is 0 Å². The van der Waals surface area contributed by atoms with Crippen LogP contribution in [0.25, 0.3) is 11.3 Å². The maximum absolute atomic E-state index is 12.9. The molecular weight excluding hydrogens is 384 g/mol. The highest BCUT2D eigenvalue weighted by Crippen LogP contribution is 2.38. The van der Waals surface area contributed by atoms with Crippen LogP contribution in [0.15, 0.2) is 58.4 Å². The first-order valence-electron chi connectivity index (χ1n) is 10.1. The number of rotatable bonds is 7. The lowest BCUT2D eigenvalue weighted by molar-refractivity contribution is -0.159. The third-order valence-corrected chi connectivity index (χ3v) is 6.48. The van der Waals surface area contributed by atoms with E-state index in [1.54, 1.807) is 11.3 Å². The molecule has 29 heavy (non-hydrogen) atoms. The van der Waals surface area contributed by atoms with Gasteiger partial charge in [0.2, 0.25) is 0 Å². The predicted octanol–water partition coefficient (Wildman–Crippen LogP) is 4.79. The lowest BCUT2D eigenvalue weighted by atomic mass is 9.75. The van der Waals surface area contributed by atoms with E-state index in [2.05, 4.69) is 27.6 Å². The van der Waals surface area contributed by atoms with Crippen LogP contribution >= 0.6 is 11.3 Å². The molecule has 4 rings (SSSR count). The van der Waals surface area contributed by atoms with Crippen molar-refractivity contribution in [3.8, 4) is 11.3 Å². The van der Waals surface area contributed by atoms with E-state index in [0.717, 1.165) is 49.5 Å². The highest BCUT2D eigenvalue weighted by molar-refractivity contribution is 7.09. The van der Waals surface area contributed by atoms with E-state index in [9.17, 15) is 4.79 Å². The van der Waals surface area contributed by atoms with E-state index >= 15 is 0 Å². The van der Waals surface area contributed by atoms with Gasteiger partial charge in [0.1, 0.15) is 11.5 Å². The Hall–Kier alpha value is -2.44. The quantitative estimate of drug-likeness (QED) is 0.524. The summed E-state index contributed by atoms with van der Waals surface area (Å²) in [6.45, 7) is 4.94. The maximum Gasteiger partial charge on any atom is 0.312 e. The molecule has 0 radical (unpaired) electrons. The van der Waals surface area contributed by atoms with Crippen LogP contribution in [0.4, 0.5) is 0 Å². The number of piperidine rings is 1. The lowest BCUT2D eigenvalue weighted by Gasteiger charge is -2.39. The van der Waals surface area contributed by atoms with Crippen LogP contribution in [0.3, 0.4) is 0 Å². The fraction of sp³-hybridized carbons (Fsp3) is 0.391. The van der Waals surface area contributed by atoms with Gasteiger partial charge in [-0.2, -0.15) is 0 Å². The fourth-order valence-corrected chi connectivity index (χ4v) is 4.72. The average Bonchev–Trinajstić information content (AvgIpc) is 3.43. The monoisotopic (exact) mass is 410 g/mol. The number of hydrogen-bond donors (Lipinski definition) is 0. The van der Waals surface area contributed by atoms with Crippen molar-refractivity contribution in [1.29, 1.82) is 0 Å². The van der Waals surface area contributed by atoms with Crippen molar-refractivity contribution in [2.75, 3.05) is 19.7 Å². The normalized spacial score (nSPS) is 16.6. The third-order valence-electron chi connectivity index (χ3n) is 5.62. The van der Waals surface area contributed by atoms with E-state index in [1.165, 1.54) is 4.88 Å². The van der Waals surface area contributed by atoms with Gasteiger partial charge in [0.25, 0.3) is 0 Å². The van der Waals surface area contributed by atoms with Crippen LogP contribution in [-0.2, 0) is 22.5 Å². The zero-order valence-electron chi connectivity index (χ0n) is 16.7. The number of thiophene rings is 1. The van der Waals surface area contributed by atoms with E-state index < -0.39 is 5.41 Å². The Morgan fingerprint density at radius 2 is 2.00 bits per heavy atom. The SMILES string of the molecule is CCOC(=O)C1(Cc2cc(-c3ccccc3)no2)CCN(Cc2cccs2)CC1. The van der Waals surface area contributed by atoms with Gasteiger partial charge in [0.15, 0.2) is 0 Å². The number of carbonyl (C=O) groups is 1. The zero-order chi connectivity index (χ0) is 20.1. The van der Waals surface area contributed by atoms with E-state index in [1.807, 2.05) is 43.3 Å². The molecule has 1 fully saturated rings. The van der Waals surface area contributed by atoms with Crippen molar-refractivity contribution in [2.45, 2.75) is 32.7 Å². The summed E-state index contributed by atoms with van der Waals surface area (Å²) in [6, 6.07) is 16.1. The minimum Gasteiger partial charge on any atom is -0.466 e. The third kappa shape index (κ3) is 4.60. The minimum atomic E-state index is -0.546. The number of esters is 1. The van der Waals surface area contributed by atoms with Crippen LogP contribution < -0.4 is 0 Å². The molecule has 3 aromatic rings. The molecule has 1 aromatic carbocycles. The van der Waals surface area contributed by atoms with Crippen molar-refractivity contribution >= 4 is 17.3 Å². The summed E-state index contributed by atoms with van der Waals surface area (Å²) in [4.78, 5) is 16.7. The van der Waals surface area contributed by atoms with Gasteiger partial charge in [-0.15, -0.1) is 11.3 Å². The molecule has 3 heterocycles. The van der Waals surface area contributed by atoms with Gasteiger partial charge in [-0.3, -0.25) is 9.69 Å². The van der Waals surface area contributed by atoms with Crippen molar-refractivity contribution in [2.24, 2.45) is 5.41 Å². The van der Waals surface area contributed by atoms with Gasteiger partial charge in [0, 0.05) is 29.5 Å². The Morgan fingerprint density at radius 1 is 1.21 bits per heavy atom. The summed E-state index contributed by atoms with van der Waals surface area (Å²) in [7, 11) is 0. The molecule has 0 unspecified atom stereocenters. The van der Waals surface area contributed by atoms with Gasteiger partial charge < -0.3 is 9.26 Å². The van der Waals surface area contributed by atoms with Gasteiger partial charge in [-0.05, 0) is 44.3 Å². The van der Waals surface area contributed by atoms with Crippen molar-refractivity contribution < 1.29 is 14.1 Å². The number of likely N-dealkylation sites (tertiary alicyclic amines) is 1. The molecule has 0 aliphatic carbocycles. The number of carbonyl (C=O) groups excluding carboxylic acids is 1. The molecule has 6 heteroatoms. The number of nitrogens with zero attached hydrogens (tertiary/aromatic N) is 2. The topological polar surface area (TPSA) is 55.6 Å². The molecule has 0 atom stereocenters. The number of aromatic nitrogens is 1. The Bertz CT molecular complexity index is 913. The predicted molar refractivity (Wildman–Crippen MR) is 114 cm³/mol. The Morgan fingerprint density at radius 3 is 2.69 bits per heavy atom. The van der Waals surface area contributed by atoms with Gasteiger partial charge >= 0.3 is 5.97 Å². The summed E-state index contributed by atoms with van der Waals surface area (Å²) >= 11 is 1.78. The summed E-state index contributed by atoms with van der Waals surface area (Å²) in [5.74, 6) is 0.622. The fourth-order valence-electron chi connectivity index (χ4n) is 3.97. The second kappa shape index (κ2) is 8.93. The molecule has 0 amide bonds. The standard InChI is InChI=1S/C23H26N2O3S/c1-2-27-22(26)23(10-12-25(13-11-23)17-20-9-6-14-29-20)16-19-15-21(24-28-19)18-7-4-3-5-8-18/h3-9,14-15H,2,10-13,16-17H2,1H3. The van der Waals surface area contributed by atoms with Gasteiger partial charge in [-0.25, -0.2) is 0 Å². The first kappa shape index (κ1) is 19.9. The minimum absolute atomic E-state index is 0.117. The second-order valence-electron chi connectivity index (χ2n) is 7.58. The van der Waals surface area contributed by atoms with Crippen LogP contribution in [0.1, 0.15) is 30.4 Å². The zero-order valence-corrected chi connectivity index (χ0v) is 17.5. The summed E-state index contributed by atoms with van der Waals surface area (Å²) in [5, 5.41) is 6.32. The van der Waals surface area contributed by atoms with Crippen molar-refractivity contribution in [1.82, 2.24) is 10.1 Å². The Balaban J connectivity index is 1.48. The second-order valence-corrected chi connectivity index (χ2v) is 8.61. The van der Waals surface area contributed by atoms with Crippen molar-refractivity contribution in [3.63, 3.8) is 0 Å². The average molecular weight is 411 g/mol. The Labute approximate surface area is 175 Å². The highest BCUT2D eigenvalue weighted by Gasteiger charge is 2.43. The largest absolute Gasteiger partial charge is 0.466 e. The molecule has 0 bridgehead atoms. The van der Waals surface area contributed by atoms with E-state index in [-0.39, 0.29) is 5.97 Å². The van der Waals surface area contributed by atoms with Crippen LogP contribution in [-0.4, -0.2) is 35.7 Å². The number of hydrogen-bond acceptors (Lipinski definition) is 6. The van der Waals surface area contributed by atoms with Crippen LogP contribution in [0, 0.1) is 5.41 Å². The molecule has 0 saturated carbocycles. The maximum atomic E-state index is 12.9. The molecule has 0 N–H and O–H groups in total. The molecule has 1 aliphatic heterocycles. The molecule has 0 spiro atoms. The highest BCUT2D eigenvalue weighted by atomic mass is 32.1. The van der Waals surface area contributed by atoms with Crippen molar-refractivity contribution in [3.05, 3.63) is 64.5 Å². The summed E-state index contributed by atoms with van der Waals surface area (Å²) < 4.78 is 11.1. The lowest BCUT2D eigenvalue weighted by Crippen LogP contribution is -2.46.